The van der Waals surface area contributed by atoms with E-state index in [-0.39, 0.29) is 5.91 Å². The zero-order chi connectivity index (χ0) is 18.9. The molecule has 0 N–H and O–H groups in total. The number of fused-ring (bicyclic) bond motifs is 5. The van der Waals surface area contributed by atoms with Gasteiger partial charge in [-0.25, -0.2) is 0 Å². The average Bonchev–Trinajstić information content (AvgIpc) is 3.47. The largest absolute Gasteiger partial charge is 0.493 e. The van der Waals surface area contributed by atoms with Gasteiger partial charge in [-0.05, 0) is 49.2 Å². The lowest BCUT2D eigenvalue weighted by atomic mass is 9.74. The lowest BCUT2D eigenvalue weighted by Crippen LogP contribution is -2.41. The van der Waals surface area contributed by atoms with Gasteiger partial charge in [0.05, 0.1) is 6.61 Å². The second-order valence-corrected chi connectivity index (χ2v) is 8.41. The molecule has 2 aromatic rings. The minimum atomic E-state index is -0.729. The number of hydrogen-bond donors (Lipinski definition) is 0. The van der Waals surface area contributed by atoms with Crippen LogP contribution in [0.3, 0.4) is 0 Å². The fourth-order valence-corrected chi connectivity index (χ4v) is 5.48. The second-order valence-electron chi connectivity index (χ2n) is 8.41. The molecule has 4 aliphatic heterocycles. The predicted octanol–water partition coefficient (Wildman–Crippen LogP) is 2.87. The number of likely N-dealkylation sites (N-methyl/N-ethyl adjacent to an activating group) is 1. The molecule has 28 heavy (non-hydrogen) atoms. The molecule has 0 saturated carbocycles. The van der Waals surface area contributed by atoms with E-state index in [4.69, 9.17) is 9.47 Å². The number of carbonyl (C=O) groups excluding carboxylic acids is 1. The predicted molar refractivity (Wildman–Crippen MR) is 106 cm³/mol. The molecule has 0 aromatic heterocycles. The number of benzene rings is 2. The van der Waals surface area contributed by atoms with Crippen molar-refractivity contribution >= 4 is 11.6 Å². The van der Waals surface area contributed by atoms with Crippen LogP contribution in [0.1, 0.15) is 35.1 Å². The maximum Gasteiger partial charge on any atom is 0.245 e. The van der Waals surface area contributed by atoms with E-state index in [0.29, 0.717) is 13.2 Å². The molecule has 1 saturated heterocycles. The number of ether oxygens (including phenoxy) is 2. The van der Waals surface area contributed by atoms with Crippen LogP contribution in [0.25, 0.3) is 0 Å². The summed E-state index contributed by atoms with van der Waals surface area (Å²) in [6.45, 7) is 4.25. The summed E-state index contributed by atoms with van der Waals surface area (Å²) < 4.78 is 11.8. The summed E-state index contributed by atoms with van der Waals surface area (Å²) in [6.07, 6.45) is 3.42. The molecule has 6 rings (SSSR count). The van der Waals surface area contributed by atoms with Crippen LogP contribution in [0, 0.1) is 0 Å². The van der Waals surface area contributed by atoms with Crippen molar-refractivity contribution in [2.75, 3.05) is 38.3 Å². The molecule has 1 amide bonds. The highest BCUT2D eigenvalue weighted by Crippen LogP contribution is 2.54. The zero-order valence-corrected chi connectivity index (χ0v) is 16.2. The van der Waals surface area contributed by atoms with Crippen molar-refractivity contribution in [2.45, 2.75) is 31.2 Å². The Balaban J connectivity index is 1.55. The molecule has 1 unspecified atom stereocenters. The van der Waals surface area contributed by atoms with Gasteiger partial charge in [0.25, 0.3) is 0 Å². The number of rotatable bonds is 2. The normalized spacial score (nSPS) is 25.0. The van der Waals surface area contributed by atoms with Crippen LogP contribution in [0.15, 0.2) is 30.3 Å². The van der Waals surface area contributed by atoms with Crippen LogP contribution in [0.4, 0.5) is 5.69 Å². The van der Waals surface area contributed by atoms with E-state index in [9.17, 15) is 4.79 Å². The molecule has 1 fully saturated rings. The maximum absolute atomic E-state index is 13.6. The van der Waals surface area contributed by atoms with E-state index in [2.05, 4.69) is 29.2 Å². The molecule has 1 spiro atoms. The van der Waals surface area contributed by atoms with Crippen LogP contribution < -0.4 is 14.4 Å². The smallest absolute Gasteiger partial charge is 0.245 e. The third-order valence-electron chi connectivity index (χ3n) is 6.87. The number of amides is 1. The molecule has 0 radical (unpaired) electrons. The van der Waals surface area contributed by atoms with Crippen LogP contribution in [0.5, 0.6) is 11.5 Å². The van der Waals surface area contributed by atoms with Crippen molar-refractivity contribution in [3.05, 3.63) is 52.6 Å². The van der Waals surface area contributed by atoms with Crippen molar-refractivity contribution < 1.29 is 14.3 Å². The van der Waals surface area contributed by atoms with Gasteiger partial charge >= 0.3 is 0 Å². The van der Waals surface area contributed by atoms with Gasteiger partial charge in [0.15, 0.2) is 0 Å². The summed E-state index contributed by atoms with van der Waals surface area (Å²) in [6, 6.07) is 10.5. The van der Waals surface area contributed by atoms with Crippen molar-refractivity contribution in [2.24, 2.45) is 0 Å². The van der Waals surface area contributed by atoms with E-state index in [1.807, 2.05) is 18.0 Å². The molecule has 144 valence electrons. The number of nitrogens with zero attached hydrogens (tertiary/aromatic N) is 2. The molecule has 5 nitrogen and oxygen atoms in total. The van der Waals surface area contributed by atoms with E-state index >= 15 is 0 Å². The molecule has 4 aliphatic rings. The Kier molecular flexibility index (Phi) is 3.37. The zero-order valence-electron chi connectivity index (χ0n) is 16.2. The van der Waals surface area contributed by atoms with Crippen molar-refractivity contribution in [3.63, 3.8) is 0 Å². The number of hydrogen-bond acceptors (Lipinski definition) is 4. The molecule has 4 heterocycles. The van der Waals surface area contributed by atoms with E-state index in [0.717, 1.165) is 54.4 Å². The third-order valence-corrected chi connectivity index (χ3v) is 6.87. The average molecular weight is 376 g/mol. The highest BCUT2D eigenvalue weighted by molar-refractivity contribution is 6.11. The monoisotopic (exact) mass is 376 g/mol. The molecule has 0 bridgehead atoms. The fraction of sp³-hybridized carbons (Fsp3) is 0.435. The first-order valence-electron chi connectivity index (χ1n) is 10.2. The molecule has 0 aliphatic carbocycles. The Hall–Kier alpha value is -2.53. The van der Waals surface area contributed by atoms with Gasteiger partial charge in [0.2, 0.25) is 5.91 Å². The van der Waals surface area contributed by atoms with Gasteiger partial charge in [-0.2, -0.15) is 0 Å². The molecular formula is C23H24N2O3. The minimum absolute atomic E-state index is 0.119. The van der Waals surface area contributed by atoms with Gasteiger partial charge in [-0.15, -0.1) is 0 Å². The Labute approximate surface area is 164 Å². The van der Waals surface area contributed by atoms with Crippen LogP contribution in [-0.2, 0) is 23.2 Å². The standard InChI is InChI=1S/C23H24N2O3/c1-24-18-6-4-5-16(13-25-8-2-3-9-25)21(18)23(22(24)26)14-28-20-12-19-15(7-10-27-19)11-17(20)23/h4-6,11-12H,2-3,7-10,13-14H2,1H3. The van der Waals surface area contributed by atoms with E-state index in [1.54, 1.807) is 0 Å². The van der Waals surface area contributed by atoms with Crippen molar-refractivity contribution in [1.82, 2.24) is 4.90 Å². The SMILES string of the molecule is CN1C(=O)C2(COc3cc4c(cc32)CCO4)c2c(CN3CCCC3)cccc21. The van der Waals surface area contributed by atoms with Gasteiger partial charge in [0, 0.05) is 42.9 Å². The Morgan fingerprint density at radius 1 is 1.11 bits per heavy atom. The molecular weight excluding hydrogens is 352 g/mol. The first-order valence-corrected chi connectivity index (χ1v) is 10.2. The summed E-state index contributed by atoms with van der Waals surface area (Å²) >= 11 is 0. The molecule has 1 atom stereocenters. The first kappa shape index (κ1) is 16.4. The number of likely N-dealkylation sites (tertiary alicyclic amines) is 1. The first-order chi connectivity index (χ1) is 13.7. The maximum atomic E-state index is 13.6. The number of anilines is 1. The third kappa shape index (κ3) is 2.03. The van der Waals surface area contributed by atoms with Crippen LogP contribution in [0.2, 0.25) is 0 Å². The highest BCUT2D eigenvalue weighted by Gasteiger charge is 2.57. The van der Waals surface area contributed by atoms with E-state index < -0.39 is 5.41 Å². The summed E-state index contributed by atoms with van der Waals surface area (Å²) in [4.78, 5) is 18.0. The second kappa shape index (κ2) is 5.74. The quantitative estimate of drug-likeness (QED) is 0.808. The summed E-state index contributed by atoms with van der Waals surface area (Å²) in [5, 5.41) is 0. The van der Waals surface area contributed by atoms with Gasteiger partial charge < -0.3 is 14.4 Å². The lowest BCUT2D eigenvalue weighted by molar-refractivity contribution is -0.121. The lowest BCUT2D eigenvalue weighted by Gasteiger charge is -2.25. The summed E-state index contributed by atoms with van der Waals surface area (Å²) in [5.41, 5.74) is 4.89. The van der Waals surface area contributed by atoms with Crippen molar-refractivity contribution in [1.29, 1.82) is 0 Å². The molecule has 5 heteroatoms. The van der Waals surface area contributed by atoms with E-state index in [1.165, 1.54) is 24.0 Å². The highest BCUT2D eigenvalue weighted by atomic mass is 16.5. The fourth-order valence-electron chi connectivity index (χ4n) is 5.48. The van der Waals surface area contributed by atoms with Gasteiger partial charge in [0.1, 0.15) is 23.5 Å². The minimum Gasteiger partial charge on any atom is -0.493 e. The summed E-state index contributed by atoms with van der Waals surface area (Å²) in [5.74, 6) is 1.82. The Morgan fingerprint density at radius 3 is 2.82 bits per heavy atom. The van der Waals surface area contributed by atoms with Gasteiger partial charge in [-0.3, -0.25) is 9.69 Å². The van der Waals surface area contributed by atoms with Gasteiger partial charge in [-0.1, -0.05) is 12.1 Å². The van der Waals surface area contributed by atoms with Crippen LogP contribution in [-0.4, -0.2) is 44.2 Å². The molecule has 2 aromatic carbocycles. The van der Waals surface area contributed by atoms with Crippen molar-refractivity contribution in [3.8, 4) is 11.5 Å². The Morgan fingerprint density at radius 2 is 1.96 bits per heavy atom. The Bertz CT molecular complexity index is 996. The number of carbonyl (C=O) groups is 1. The topological polar surface area (TPSA) is 42.0 Å². The van der Waals surface area contributed by atoms with Crippen LogP contribution >= 0.6 is 0 Å². The summed E-state index contributed by atoms with van der Waals surface area (Å²) in [7, 11) is 1.89.